The number of carbonyl (C=O) groups excluding carboxylic acids is 2. The normalized spacial score (nSPS) is 15.3. The van der Waals surface area contributed by atoms with Crippen LogP contribution in [0.4, 0.5) is 0 Å². The van der Waals surface area contributed by atoms with Crippen LogP contribution in [0.2, 0.25) is 0 Å². The van der Waals surface area contributed by atoms with E-state index in [9.17, 15) is 19.8 Å². The minimum atomic E-state index is -1.03. The monoisotopic (exact) mass is 675 g/mol. The first-order valence-electron chi connectivity index (χ1n) is 24.8. The lowest BCUT2D eigenvalue weighted by atomic mass is 9.75. The molecular formula is C40H82N2O4. The van der Waals surface area contributed by atoms with Crippen molar-refractivity contribution < 1.29 is 33.5 Å². The molecule has 0 aromatic heterocycles. The summed E-state index contributed by atoms with van der Waals surface area (Å²) >= 11 is 0. The van der Waals surface area contributed by atoms with Crippen molar-refractivity contribution in [3.05, 3.63) is 0 Å². The molecule has 0 aliphatic rings. The van der Waals surface area contributed by atoms with Crippen LogP contribution in [0.15, 0.2) is 0 Å². The molecular weight excluding hydrogens is 572 g/mol. The molecule has 0 radical (unpaired) electrons. The van der Waals surface area contributed by atoms with Gasteiger partial charge in [0.1, 0.15) is 6.42 Å². The molecule has 0 saturated carbocycles. The molecule has 0 atom stereocenters. The van der Waals surface area contributed by atoms with E-state index in [1.54, 1.807) is 0 Å². The van der Waals surface area contributed by atoms with E-state index in [0.29, 0.717) is 144 Å². The summed E-state index contributed by atoms with van der Waals surface area (Å²) < 4.78 is 74.1. The molecule has 0 rings (SSSR count). The fourth-order valence-corrected chi connectivity index (χ4v) is 6.91. The first-order valence-corrected chi connectivity index (χ1v) is 17.7. The molecule has 0 aliphatic carbocycles. The summed E-state index contributed by atoms with van der Waals surface area (Å²) in [4.78, 5) is 25.2. The van der Waals surface area contributed by atoms with Gasteiger partial charge in [0.15, 0.2) is 0 Å². The number of nitrogens with one attached hydrogen (secondary N) is 2. The van der Waals surface area contributed by atoms with Crippen molar-refractivity contribution in [3.63, 3.8) is 0 Å². The van der Waals surface area contributed by atoms with Gasteiger partial charge in [-0.1, -0.05) is 133 Å². The number of hydrogen-bond donors (Lipinski definition) is 4. The lowest BCUT2D eigenvalue weighted by molar-refractivity contribution is -0.130. The van der Waals surface area contributed by atoms with Crippen LogP contribution >= 0.6 is 0 Å². The summed E-state index contributed by atoms with van der Waals surface area (Å²) in [5, 5.41) is 27.4. The third-order valence-electron chi connectivity index (χ3n) is 9.11. The molecule has 276 valence electrons. The molecule has 0 heterocycles. The molecule has 46 heavy (non-hydrogen) atoms. The van der Waals surface area contributed by atoms with E-state index < -0.39 is 11.2 Å². The SMILES string of the molecule is [3H]CCCC(CCC[3H])(CCC[3H])CNC(=O)CC(=O)NCC(CCC[3H])(CCC[3H])CCC[3H].[3H]CCCC(O)(CCC[3H])CC(O)(CCC[3H])CCC[3H]. The highest BCUT2D eigenvalue weighted by atomic mass is 16.3. The molecule has 4 N–H and O–H groups in total. The quantitative estimate of drug-likeness (QED) is 0.0621. The Morgan fingerprint density at radius 1 is 0.457 bits per heavy atom. The minimum absolute atomic E-state index is 0.229. The van der Waals surface area contributed by atoms with Crippen LogP contribution in [0.1, 0.15) is 224 Å². The van der Waals surface area contributed by atoms with Crippen molar-refractivity contribution in [1.29, 1.82) is 0 Å². The largest absolute Gasteiger partial charge is 0.390 e. The average molecular weight is 675 g/mol. The van der Waals surface area contributed by atoms with E-state index in [1.807, 2.05) is 0 Å². The summed E-state index contributed by atoms with van der Waals surface area (Å²) in [6.07, 6.45) is 13.1. The van der Waals surface area contributed by atoms with Crippen LogP contribution in [0, 0.1) is 10.8 Å². The Bertz CT molecular complexity index is 812. The van der Waals surface area contributed by atoms with Gasteiger partial charge in [-0.3, -0.25) is 9.59 Å². The van der Waals surface area contributed by atoms with E-state index in [-0.39, 0.29) is 63.1 Å². The van der Waals surface area contributed by atoms with Crippen LogP contribution in [-0.4, -0.2) is 46.3 Å². The molecule has 0 fully saturated rings. The van der Waals surface area contributed by atoms with Crippen molar-refractivity contribution in [3.8, 4) is 0 Å². The maximum atomic E-state index is 12.6. The molecule has 0 bridgehead atoms. The second-order valence-electron chi connectivity index (χ2n) is 13.4. The number of rotatable bonds is 28. The van der Waals surface area contributed by atoms with Gasteiger partial charge in [-0.05, 0) is 75.0 Å². The average Bonchev–Trinajstić information content (AvgIpc) is 3.20. The number of hydrogen-bond acceptors (Lipinski definition) is 4. The maximum absolute atomic E-state index is 12.6. The van der Waals surface area contributed by atoms with Crippen molar-refractivity contribution in [2.24, 2.45) is 10.8 Å². The maximum Gasteiger partial charge on any atom is 0.229 e. The van der Waals surface area contributed by atoms with Crippen molar-refractivity contribution in [2.75, 3.05) is 13.1 Å². The van der Waals surface area contributed by atoms with Gasteiger partial charge in [0.05, 0.1) is 11.2 Å². The third-order valence-corrected chi connectivity index (χ3v) is 9.11. The zero-order valence-electron chi connectivity index (χ0n) is 39.8. The van der Waals surface area contributed by atoms with E-state index in [1.165, 1.54) is 0 Å². The van der Waals surface area contributed by atoms with Crippen molar-refractivity contribution in [1.82, 2.24) is 10.6 Å². The summed E-state index contributed by atoms with van der Waals surface area (Å²) in [6, 6.07) is 0. The van der Waals surface area contributed by atoms with Gasteiger partial charge in [0.25, 0.3) is 0 Å². The molecule has 2 amide bonds. The van der Waals surface area contributed by atoms with Gasteiger partial charge < -0.3 is 20.8 Å². The summed E-state index contributed by atoms with van der Waals surface area (Å²) in [5.41, 5.74) is -2.51. The van der Waals surface area contributed by atoms with Crippen molar-refractivity contribution in [2.45, 2.75) is 221 Å². The predicted octanol–water partition coefficient (Wildman–Crippen LogP) is 10.4. The molecule has 0 unspecified atom stereocenters. The highest BCUT2D eigenvalue weighted by Crippen LogP contribution is 2.36. The first-order chi connectivity index (χ1) is 26.8. The van der Waals surface area contributed by atoms with Crippen molar-refractivity contribution >= 4 is 11.8 Å². The number of amides is 2. The predicted molar refractivity (Wildman–Crippen MR) is 199 cm³/mol. The van der Waals surface area contributed by atoms with Crippen LogP contribution in [-0.2, 0) is 9.59 Å². The topological polar surface area (TPSA) is 98.7 Å². The second-order valence-corrected chi connectivity index (χ2v) is 13.4. The molecule has 6 heteroatoms. The third kappa shape index (κ3) is 20.3. The summed E-state index contributed by atoms with van der Waals surface area (Å²) in [7, 11) is 0. The Morgan fingerprint density at radius 2 is 0.696 bits per heavy atom. The Morgan fingerprint density at radius 3 is 0.935 bits per heavy atom. The van der Waals surface area contributed by atoms with Gasteiger partial charge in [-0.2, -0.15) is 0 Å². The van der Waals surface area contributed by atoms with E-state index in [2.05, 4.69) is 10.6 Å². The molecule has 6 nitrogen and oxygen atoms in total. The fraction of sp³-hybridized carbons (Fsp3) is 0.950. The van der Waals surface area contributed by atoms with Gasteiger partial charge in [-0.25, -0.2) is 0 Å². The summed E-state index contributed by atoms with van der Waals surface area (Å²) in [5.74, 6) is -0.688. The minimum Gasteiger partial charge on any atom is -0.390 e. The zero-order chi connectivity index (χ0) is 42.6. The molecule has 0 saturated heterocycles. The Kier molecular flexibility index (Phi) is 18.0. The fourth-order valence-electron chi connectivity index (χ4n) is 6.91. The second kappa shape index (κ2) is 26.8. The summed E-state index contributed by atoms with van der Waals surface area (Å²) in [6.45, 7) is 3.66. The Hall–Kier alpha value is -1.14. The molecule has 0 spiro atoms. The number of aliphatic hydroxyl groups is 2. The van der Waals surface area contributed by atoms with Crippen LogP contribution in [0.3, 0.4) is 0 Å². The van der Waals surface area contributed by atoms with Crippen LogP contribution in [0.25, 0.3) is 0 Å². The molecule has 0 aliphatic heterocycles. The van der Waals surface area contributed by atoms with Gasteiger partial charge in [0, 0.05) is 33.2 Å². The lowest BCUT2D eigenvalue weighted by Crippen LogP contribution is -2.42. The van der Waals surface area contributed by atoms with Gasteiger partial charge in [-0.15, -0.1) is 0 Å². The van der Waals surface area contributed by atoms with E-state index in [0.717, 1.165) is 38.5 Å². The van der Waals surface area contributed by atoms with Crippen LogP contribution < -0.4 is 10.6 Å². The Balaban J connectivity index is 0. The molecule has 0 aromatic carbocycles. The standard InChI is InChI=1S/C25H50N2O2.C15H32O2/c1-7-13-24(14-8-2,15-9-3)20-26-22(28)19-23(29)27-21-25(16-10-4,17-11-5)18-12-6;1-5-9-14(16,10-6-2)13-15(17,11-7-3)12-8-4/h7-21H2,1-6H3,(H,26,28)(H,27,29);16-17H,5-13H2,1-4H3/i1T,2T,3T,4T,5T,6T;1T,2T,3T,4T. The zero-order valence-corrected chi connectivity index (χ0v) is 29.8. The Labute approximate surface area is 301 Å². The van der Waals surface area contributed by atoms with E-state index >= 15 is 0 Å². The van der Waals surface area contributed by atoms with Gasteiger partial charge in [0.2, 0.25) is 11.8 Å². The first kappa shape index (κ1) is 30.9. The van der Waals surface area contributed by atoms with Gasteiger partial charge >= 0.3 is 0 Å². The number of carbonyl (C=O) groups is 2. The smallest absolute Gasteiger partial charge is 0.229 e. The van der Waals surface area contributed by atoms with E-state index in [4.69, 9.17) is 13.7 Å². The highest BCUT2D eigenvalue weighted by Gasteiger charge is 2.36. The lowest BCUT2D eigenvalue weighted by Gasteiger charge is -2.37. The highest BCUT2D eigenvalue weighted by molar-refractivity contribution is 5.96. The van der Waals surface area contributed by atoms with Crippen LogP contribution in [0.5, 0.6) is 0 Å². The molecule has 0 aromatic rings.